The molecule has 80 heavy (non-hydrogen) atoms. The van der Waals surface area contributed by atoms with Gasteiger partial charge in [0.05, 0.1) is 42.2 Å². The predicted octanol–water partition coefficient (Wildman–Crippen LogP) is 6.78. The summed E-state index contributed by atoms with van der Waals surface area (Å²) in [5, 5.41) is 38.1. The zero-order valence-electron chi connectivity index (χ0n) is 43.6. The number of unbranched alkanes of at least 4 members (excludes halogenated alkanes) is 1. The van der Waals surface area contributed by atoms with Crippen LogP contribution in [0.1, 0.15) is 130 Å². The standard InChI is InChI=1S/C52H54N14O8S6/c1-24(2)37-52-66-40(34(80-52)19-74-5)45(72)56-18-36(68)63-41(42(69)26-11-7-6-8-12-26)51-62-33(23-78-51)49-59-30(20-76-49)39-27(13-14-28(57-39)48-61-31(21-77-48)43(70)55-16-10-9-15-53)47-60-32(22-75-47)44(71)58-29(17-35(67)54-4)50-65-38(25(3)79-50)46(73)64-37/h6-8,11-14,20-24,29,37,41-42,69H,9-10,15-19,53H2,1-5H3,(H,54,67)(H,55,70)(H,56,72)(H,58,71)(H,63,68)(H,64,73). The van der Waals surface area contributed by atoms with E-state index in [1.54, 1.807) is 70.9 Å². The largest absolute Gasteiger partial charge is 0.386 e. The molecule has 0 aliphatic carbocycles. The molecule has 8 heterocycles. The van der Waals surface area contributed by atoms with Crippen LogP contribution in [0.5, 0.6) is 0 Å². The van der Waals surface area contributed by atoms with Gasteiger partial charge in [0.25, 0.3) is 23.6 Å². The predicted molar refractivity (Wildman–Crippen MR) is 308 cm³/mol. The average Bonchev–Trinajstić information content (AvgIpc) is 4.35. The number of thiazole rings is 6. The Morgan fingerprint density at radius 2 is 1.45 bits per heavy atom. The zero-order chi connectivity index (χ0) is 56.6. The number of pyridine rings is 1. The topological polar surface area (TPSA) is 320 Å². The fraction of sp³-hybridized carbons (Fsp3) is 0.327. The molecular formula is C52H54N14O8S6. The SMILES string of the molecule is CNC(=O)CC1NC(=O)c2csc(n2)-c2ccc(-c3nc(C(=O)NCCCCN)cs3)nc2-c2csc(n2)-c2csc(n2)C(C(O)c2ccccc2)NC(=O)CNC(=O)c2nc(sc2COC)C(C(C)C)NC(=O)c2nc1sc2C. The molecule has 4 atom stereocenters. The molecule has 8 aromatic rings. The summed E-state index contributed by atoms with van der Waals surface area (Å²) in [6.45, 7) is 5.96. The lowest BCUT2D eigenvalue weighted by atomic mass is 10.0. The van der Waals surface area contributed by atoms with Crippen molar-refractivity contribution in [2.45, 2.75) is 70.9 Å². The summed E-state index contributed by atoms with van der Waals surface area (Å²) in [5.74, 6) is -3.41. The molecule has 9 rings (SSSR count). The summed E-state index contributed by atoms with van der Waals surface area (Å²) in [6, 6.07) is 9.58. The van der Waals surface area contributed by atoms with Crippen LogP contribution in [0.2, 0.25) is 0 Å². The number of aryl methyl sites for hydroxylation is 1. The van der Waals surface area contributed by atoms with Gasteiger partial charge in [-0.1, -0.05) is 44.2 Å². The Kier molecular flexibility index (Phi) is 18.7. The maximum Gasteiger partial charge on any atom is 0.271 e. The smallest absolute Gasteiger partial charge is 0.271 e. The number of ether oxygens (including phenoxy) is 1. The van der Waals surface area contributed by atoms with E-state index in [4.69, 9.17) is 40.4 Å². The number of amides is 6. The number of aliphatic hydroxyl groups is 1. The van der Waals surface area contributed by atoms with E-state index in [2.05, 4.69) is 36.9 Å². The minimum absolute atomic E-state index is 0.00428. The molecule has 0 saturated carbocycles. The minimum Gasteiger partial charge on any atom is -0.386 e. The van der Waals surface area contributed by atoms with Gasteiger partial charge in [0.1, 0.15) is 82.0 Å². The maximum absolute atomic E-state index is 14.3. The van der Waals surface area contributed by atoms with Gasteiger partial charge in [-0.2, -0.15) is 0 Å². The Morgan fingerprint density at radius 1 is 0.725 bits per heavy atom. The summed E-state index contributed by atoms with van der Waals surface area (Å²) in [6.07, 6.45) is 0.0242. The van der Waals surface area contributed by atoms with Crippen LogP contribution < -0.4 is 37.6 Å². The van der Waals surface area contributed by atoms with Gasteiger partial charge >= 0.3 is 0 Å². The third-order valence-corrected chi connectivity index (χ3v) is 18.1. The Bertz CT molecular complexity index is 3550. The monoisotopic (exact) mass is 1190 g/mol. The minimum atomic E-state index is -1.27. The van der Waals surface area contributed by atoms with E-state index < -0.39 is 60.3 Å². The number of hydrogen-bond donors (Lipinski definition) is 8. The van der Waals surface area contributed by atoms with Crippen molar-refractivity contribution in [3.05, 3.63) is 117 Å². The quantitative estimate of drug-likeness (QED) is 0.0552. The molecule has 0 radical (unpaired) electrons. The van der Waals surface area contributed by atoms with Crippen LogP contribution in [0.3, 0.4) is 0 Å². The lowest BCUT2D eigenvalue weighted by molar-refractivity contribution is -0.122. The second kappa shape index (κ2) is 26.0. The first kappa shape index (κ1) is 57.5. The first-order valence-corrected chi connectivity index (χ1v) is 30.2. The van der Waals surface area contributed by atoms with Crippen molar-refractivity contribution in [3.8, 4) is 43.4 Å². The number of nitrogens with one attached hydrogen (secondary N) is 6. The van der Waals surface area contributed by atoms with Crippen molar-refractivity contribution in [3.63, 3.8) is 0 Å². The van der Waals surface area contributed by atoms with Gasteiger partial charge in [-0.25, -0.2) is 34.9 Å². The first-order chi connectivity index (χ1) is 38.6. The Balaban J connectivity index is 1.12. The number of aromatic nitrogens is 7. The van der Waals surface area contributed by atoms with Gasteiger partial charge in [-0.15, -0.1) is 68.0 Å². The van der Waals surface area contributed by atoms with Gasteiger partial charge < -0.3 is 47.5 Å². The summed E-state index contributed by atoms with van der Waals surface area (Å²) < 4.78 is 5.45. The summed E-state index contributed by atoms with van der Waals surface area (Å²) in [4.78, 5) is 117. The average molecular weight is 1200 g/mol. The highest BCUT2D eigenvalue weighted by Gasteiger charge is 2.33. The van der Waals surface area contributed by atoms with Crippen LogP contribution in [0.15, 0.2) is 64.0 Å². The molecule has 28 heteroatoms. The molecule has 0 spiro atoms. The van der Waals surface area contributed by atoms with Crippen LogP contribution in [0.25, 0.3) is 43.4 Å². The van der Waals surface area contributed by atoms with Crippen LogP contribution in [-0.2, 0) is 20.9 Å². The molecule has 0 saturated heterocycles. The third-order valence-electron chi connectivity index (χ3n) is 12.4. The molecule has 1 aliphatic rings. The number of carbonyl (C=O) groups is 6. The Hall–Kier alpha value is -7.15. The second-order valence-electron chi connectivity index (χ2n) is 18.4. The molecule has 10 bridgehead atoms. The molecular weight excluding hydrogens is 1140 g/mol. The van der Waals surface area contributed by atoms with Crippen molar-refractivity contribution in [2.24, 2.45) is 11.7 Å². The van der Waals surface area contributed by atoms with Crippen LogP contribution >= 0.6 is 68.0 Å². The van der Waals surface area contributed by atoms with Gasteiger partial charge in [-0.3, -0.25) is 28.8 Å². The number of methoxy groups -OCH3 is 1. The lowest BCUT2D eigenvalue weighted by Crippen LogP contribution is -2.40. The third kappa shape index (κ3) is 13.2. The second-order valence-corrected chi connectivity index (χ2v) is 24.2. The van der Waals surface area contributed by atoms with Crippen LogP contribution in [0.4, 0.5) is 0 Å². The number of carbonyl (C=O) groups excluding carboxylic acids is 6. The molecule has 4 unspecified atom stereocenters. The number of fused-ring (bicyclic) bond motifs is 14. The highest BCUT2D eigenvalue weighted by Crippen LogP contribution is 2.40. The Labute approximate surface area is 482 Å². The van der Waals surface area contributed by atoms with Gasteiger partial charge in [0, 0.05) is 52.7 Å². The van der Waals surface area contributed by atoms with Crippen molar-refractivity contribution in [1.29, 1.82) is 0 Å². The summed E-state index contributed by atoms with van der Waals surface area (Å²) in [7, 11) is 2.95. The molecule has 1 aromatic carbocycles. The molecule has 1 aliphatic heterocycles. The number of benzene rings is 1. The lowest BCUT2D eigenvalue weighted by Gasteiger charge is -2.23. The number of hydrogen-bond acceptors (Lipinski definition) is 22. The summed E-state index contributed by atoms with van der Waals surface area (Å²) >= 11 is 7.23. The fourth-order valence-electron chi connectivity index (χ4n) is 8.25. The molecule has 0 fully saturated rings. The Morgan fingerprint density at radius 3 is 2.21 bits per heavy atom. The number of nitrogens with two attached hydrogens (primary N) is 1. The molecule has 6 amide bonds. The van der Waals surface area contributed by atoms with Gasteiger partial charge in [-0.05, 0) is 49.9 Å². The number of aliphatic hydroxyl groups excluding tert-OH is 1. The van der Waals surface area contributed by atoms with Crippen molar-refractivity contribution in [2.75, 3.05) is 33.8 Å². The molecule has 9 N–H and O–H groups in total. The van der Waals surface area contributed by atoms with E-state index in [0.717, 1.165) is 24.2 Å². The van der Waals surface area contributed by atoms with Gasteiger partial charge in [0.15, 0.2) is 0 Å². The zero-order valence-corrected chi connectivity index (χ0v) is 48.5. The maximum atomic E-state index is 14.3. The summed E-state index contributed by atoms with van der Waals surface area (Å²) in [5.41, 5.74) is 8.68. The fourth-order valence-corrected chi connectivity index (χ4v) is 13.8. The van der Waals surface area contributed by atoms with Gasteiger partial charge in [0.2, 0.25) is 11.8 Å². The van der Waals surface area contributed by atoms with Crippen LogP contribution in [-0.4, -0.2) is 109 Å². The highest BCUT2D eigenvalue weighted by molar-refractivity contribution is 7.15. The normalized spacial score (nSPS) is 16.5. The van der Waals surface area contributed by atoms with E-state index >= 15 is 0 Å². The molecule has 22 nitrogen and oxygen atoms in total. The number of rotatable bonds is 13. The molecule has 416 valence electrons. The molecule has 7 aromatic heterocycles. The van der Waals surface area contributed by atoms with E-state index in [9.17, 15) is 33.9 Å². The number of nitrogens with zero attached hydrogens (tertiary/aromatic N) is 7. The van der Waals surface area contributed by atoms with Crippen molar-refractivity contribution < 1.29 is 38.6 Å². The first-order valence-electron chi connectivity index (χ1n) is 25.0. The van der Waals surface area contributed by atoms with E-state index in [1.807, 2.05) is 13.8 Å². The van der Waals surface area contributed by atoms with Crippen molar-refractivity contribution >= 4 is 103 Å². The highest BCUT2D eigenvalue weighted by atomic mass is 32.1. The van der Waals surface area contributed by atoms with E-state index in [1.165, 1.54) is 70.8 Å². The van der Waals surface area contributed by atoms with E-state index in [-0.39, 0.29) is 47.6 Å². The van der Waals surface area contributed by atoms with Crippen LogP contribution in [0, 0.1) is 12.8 Å². The van der Waals surface area contributed by atoms with Crippen molar-refractivity contribution in [1.82, 2.24) is 66.8 Å². The van der Waals surface area contributed by atoms with E-state index in [0.29, 0.717) is 86.8 Å².